The predicted octanol–water partition coefficient (Wildman–Crippen LogP) is 24.5. The molecule has 0 amide bonds. The molecular weight excluding hydrogens is 1550 g/mol. The average molecular weight is 1660 g/mol. The standard InChI is InChI=1S/C120H106BN3Si2/c1-117(2,3)89-61-56-83(57-62-89)85-37-33-38-95(76-85)123-111-75-60-86(84-58-63-90(64-59-84)118(4,5)6)78-110(111)121-109-74-73-104(126(100-46-25-16-26-47-100,101-48-27-17-28-49-101)102-50-29-18-30-51-102)82-112(109)124(96-39-34-52-103(81-96)125(97-40-19-13-20-41-97,98-42-21-14-22-43-98)99-44-23-15-24-45-99)114-80-88(79-113(123)115(114)121)105-54-35-55-107-108(105)77-87-36-31-32-53-106(87)116(107)122(93-69-65-91(66-70-93)119(7,8)9)94-71-67-92(68-72-94)120(10,11)12/h13-82H,1-12H3. The minimum absolute atomic E-state index is 0.0102. The van der Waals surface area contributed by atoms with Crippen LogP contribution in [0.25, 0.3) is 54.9 Å². The zero-order chi connectivity index (χ0) is 86.4. The molecule has 0 saturated carbocycles. The van der Waals surface area contributed by atoms with Gasteiger partial charge in [0.25, 0.3) is 6.71 Å². The summed E-state index contributed by atoms with van der Waals surface area (Å²) in [5.74, 6) is 0. The number of rotatable bonds is 16. The molecule has 0 aromatic heterocycles. The third-order valence-electron chi connectivity index (χ3n) is 26.9. The summed E-state index contributed by atoms with van der Waals surface area (Å²) in [6, 6.07) is 165. The Labute approximate surface area is 747 Å². The fraction of sp³-hybridized carbons (Fsp3) is 0.133. The lowest BCUT2D eigenvalue weighted by molar-refractivity contribution is 0.590. The highest BCUT2D eigenvalue weighted by Gasteiger charge is 2.49. The molecule has 0 fully saturated rings. The molecule has 0 radical (unpaired) electrons. The van der Waals surface area contributed by atoms with Gasteiger partial charge in [-0.3, -0.25) is 0 Å². The maximum absolute atomic E-state index is 3.26. The van der Waals surface area contributed by atoms with Gasteiger partial charge in [0.05, 0.1) is 5.69 Å². The molecule has 2 aliphatic rings. The van der Waals surface area contributed by atoms with Gasteiger partial charge in [-0.25, -0.2) is 0 Å². The van der Waals surface area contributed by atoms with E-state index >= 15 is 0 Å². The predicted molar refractivity (Wildman–Crippen MR) is 548 cm³/mol. The third-order valence-corrected chi connectivity index (χ3v) is 36.5. The molecule has 0 unspecified atom stereocenters. The van der Waals surface area contributed by atoms with Crippen molar-refractivity contribution in [2.24, 2.45) is 0 Å². The summed E-state index contributed by atoms with van der Waals surface area (Å²) in [6.07, 6.45) is 0. The van der Waals surface area contributed by atoms with Crippen LogP contribution in [0.5, 0.6) is 0 Å². The van der Waals surface area contributed by atoms with Gasteiger partial charge in [-0.15, -0.1) is 0 Å². The van der Waals surface area contributed by atoms with E-state index in [9.17, 15) is 0 Å². The highest BCUT2D eigenvalue weighted by Crippen LogP contribution is 2.51. The molecule has 0 bridgehead atoms. The Bertz CT molecular complexity index is 6820. The molecule has 0 saturated heterocycles. The minimum Gasteiger partial charge on any atom is -0.311 e. The van der Waals surface area contributed by atoms with Crippen molar-refractivity contribution in [2.45, 2.75) is 105 Å². The molecule has 18 aromatic carbocycles. The van der Waals surface area contributed by atoms with E-state index in [-0.39, 0.29) is 28.4 Å². The van der Waals surface area contributed by atoms with Crippen molar-refractivity contribution in [2.75, 3.05) is 14.7 Å². The lowest BCUT2D eigenvalue weighted by Gasteiger charge is -2.45. The summed E-state index contributed by atoms with van der Waals surface area (Å²) in [6.45, 7) is 27.4. The first kappa shape index (κ1) is 80.8. The molecule has 3 nitrogen and oxygen atoms in total. The first-order valence-electron chi connectivity index (χ1n) is 44.8. The first-order valence-corrected chi connectivity index (χ1v) is 48.8. The smallest absolute Gasteiger partial charge is 0.252 e. The normalized spacial score (nSPS) is 12.9. The zero-order valence-electron chi connectivity index (χ0n) is 74.3. The number of nitrogens with zero attached hydrogens (tertiary/aromatic N) is 3. The van der Waals surface area contributed by atoms with Crippen LogP contribution < -0.4 is 72.6 Å². The maximum atomic E-state index is 2.74. The molecule has 20 rings (SSSR count). The summed E-state index contributed by atoms with van der Waals surface area (Å²) in [7, 11) is -6.47. The number of anilines is 9. The van der Waals surface area contributed by atoms with Gasteiger partial charge >= 0.3 is 0 Å². The van der Waals surface area contributed by atoms with E-state index in [1.54, 1.807) is 0 Å². The molecule has 2 aliphatic heterocycles. The lowest BCUT2D eigenvalue weighted by Crippen LogP contribution is -2.75. The van der Waals surface area contributed by atoms with Crippen molar-refractivity contribution in [3.05, 3.63) is 447 Å². The topological polar surface area (TPSA) is 9.72 Å². The van der Waals surface area contributed by atoms with Crippen molar-refractivity contribution in [1.29, 1.82) is 0 Å². The van der Waals surface area contributed by atoms with Crippen molar-refractivity contribution >= 4 is 153 Å². The van der Waals surface area contributed by atoms with Gasteiger partial charge in [0.1, 0.15) is 0 Å². The number of hydrogen-bond acceptors (Lipinski definition) is 3. The Hall–Kier alpha value is -13.6. The summed E-state index contributed by atoms with van der Waals surface area (Å²) in [4.78, 5) is 7.93. The Morgan fingerprint density at radius 1 is 0.230 bits per heavy atom. The van der Waals surface area contributed by atoms with E-state index in [0.29, 0.717) is 0 Å². The van der Waals surface area contributed by atoms with Crippen LogP contribution in [0.15, 0.2) is 425 Å². The third kappa shape index (κ3) is 14.2. The highest BCUT2D eigenvalue weighted by molar-refractivity contribution is 7.20. The number of benzene rings is 18. The fourth-order valence-corrected chi connectivity index (χ4v) is 30.0. The Kier molecular flexibility index (Phi) is 20.4. The van der Waals surface area contributed by atoms with E-state index in [1.165, 1.54) is 102 Å². The molecular formula is C120H106BN3Si2. The van der Waals surface area contributed by atoms with Crippen molar-refractivity contribution in [3.63, 3.8) is 0 Å². The molecule has 0 N–H and O–H groups in total. The van der Waals surface area contributed by atoms with E-state index in [2.05, 4.69) is 522 Å². The molecule has 0 atom stereocenters. The van der Waals surface area contributed by atoms with Crippen LogP contribution in [-0.2, 0) is 21.7 Å². The van der Waals surface area contributed by atoms with Gasteiger partial charge in [-0.05, 0) is 225 Å². The van der Waals surface area contributed by atoms with Crippen LogP contribution in [0.2, 0.25) is 0 Å². The van der Waals surface area contributed by atoms with E-state index in [4.69, 9.17) is 0 Å². The van der Waals surface area contributed by atoms with Gasteiger partial charge in [0, 0.05) is 56.3 Å². The van der Waals surface area contributed by atoms with E-state index < -0.39 is 16.1 Å². The van der Waals surface area contributed by atoms with Gasteiger partial charge < -0.3 is 14.7 Å². The van der Waals surface area contributed by atoms with Gasteiger partial charge in [0.15, 0.2) is 16.1 Å². The molecule has 0 spiro atoms. The van der Waals surface area contributed by atoms with Crippen LogP contribution in [0.1, 0.15) is 105 Å². The van der Waals surface area contributed by atoms with Crippen molar-refractivity contribution in [3.8, 4) is 33.4 Å². The van der Waals surface area contributed by atoms with Crippen LogP contribution in [0.3, 0.4) is 0 Å². The molecule has 612 valence electrons. The second-order valence-electron chi connectivity index (χ2n) is 38.8. The Morgan fingerprint density at radius 3 is 1.05 bits per heavy atom. The fourth-order valence-electron chi connectivity index (χ4n) is 20.5. The van der Waals surface area contributed by atoms with E-state index in [0.717, 1.165) is 84.0 Å². The van der Waals surface area contributed by atoms with Crippen molar-refractivity contribution in [1.82, 2.24) is 0 Å². The van der Waals surface area contributed by atoms with E-state index in [1.807, 2.05) is 0 Å². The second-order valence-corrected chi connectivity index (χ2v) is 46.4. The summed E-state index contributed by atoms with van der Waals surface area (Å²) in [5.41, 5.74) is 25.7. The number of fused-ring (bicyclic) bond motifs is 6. The Morgan fingerprint density at radius 2 is 0.595 bits per heavy atom. The van der Waals surface area contributed by atoms with Crippen LogP contribution in [-0.4, -0.2) is 22.9 Å². The zero-order valence-corrected chi connectivity index (χ0v) is 76.3. The van der Waals surface area contributed by atoms with Gasteiger partial charge in [0.2, 0.25) is 0 Å². The number of hydrogen-bond donors (Lipinski definition) is 0. The monoisotopic (exact) mass is 1660 g/mol. The summed E-state index contributed by atoms with van der Waals surface area (Å²) in [5, 5.41) is 15.1. The molecule has 18 aromatic rings. The largest absolute Gasteiger partial charge is 0.311 e. The van der Waals surface area contributed by atoms with Crippen LogP contribution >= 0.6 is 0 Å². The lowest BCUT2D eigenvalue weighted by atomic mass is 9.33. The van der Waals surface area contributed by atoms with Gasteiger partial charge in [-0.2, -0.15) is 0 Å². The van der Waals surface area contributed by atoms with Crippen molar-refractivity contribution < 1.29 is 0 Å². The van der Waals surface area contributed by atoms with Crippen LogP contribution in [0.4, 0.5) is 51.2 Å². The molecule has 6 heteroatoms. The van der Waals surface area contributed by atoms with Crippen LogP contribution in [0, 0.1) is 0 Å². The van der Waals surface area contributed by atoms with Gasteiger partial charge in [-0.1, -0.05) is 429 Å². The summed E-state index contributed by atoms with van der Waals surface area (Å²) >= 11 is 0. The SMILES string of the molecule is CC(C)(C)c1ccc(-c2cccc(N3c4ccc(-c5ccc(C(C)(C)C)cc5)cc4B4c5ccc([Si](c6ccccc6)(c6ccccc6)c6ccccc6)cc5N(c5cccc([Si](c6ccccc6)(c6ccccc6)c6ccccc6)c5)c5cc(-c6cccc7c(N(c8ccc(C(C)(C)C)cc8)c8ccc(C(C)(C)C)cc8)c8ccccc8cc67)cc3c54)c2)cc1. The molecule has 126 heavy (non-hydrogen) atoms. The summed E-state index contributed by atoms with van der Waals surface area (Å²) < 4.78 is 0. The Balaban J connectivity index is 0.937. The molecule has 2 heterocycles. The second kappa shape index (κ2) is 31.9. The maximum Gasteiger partial charge on any atom is 0.252 e. The highest BCUT2D eigenvalue weighted by atomic mass is 28.3. The minimum atomic E-state index is -3.26. The average Bonchev–Trinajstić information content (AvgIpc) is 0.687. The quantitative estimate of drug-likeness (QED) is 0.0542. The first-order chi connectivity index (χ1) is 61.0. The molecule has 0 aliphatic carbocycles.